The number of hydrogen-bond acceptors (Lipinski definition) is 3. The molecule has 0 saturated carbocycles. The van der Waals surface area contributed by atoms with Crippen molar-refractivity contribution >= 4 is 33.2 Å². The number of aryl methyl sites for hydroxylation is 1. The molecule has 0 radical (unpaired) electrons. The van der Waals surface area contributed by atoms with Gasteiger partial charge in [0.25, 0.3) is 5.91 Å². The summed E-state index contributed by atoms with van der Waals surface area (Å²) in [7, 11) is 0. The summed E-state index contributed by atoms with van der Waals surface area (Å²) in [6, 6.07) is 9.32. The molecule has 2 N–H and O–H groups in total. The Morgan fingerprint density at radius 2 is 2.10 bits per heavy atom. The fourth-order valence-electron chi connectivity index (χ4n) is 1.75. The number of carbonyl (C=O) groups excluding carboxylic acids is 1. The van der Waals surface area contributed by atoms with Gasteiger partial charge in [0.15, 0.2) is 0 Å². The average molecular weight is 334 g/mol. The fourth-order valence-corrected chi connectivity index (χ4v) is 2.11. The summed E-state index contributed by atoms with van der Waals surface area (Å²) < 4.78 is 0.925. The summed E-state index contributed by atoms with van der Waals surface area (Å²) in [5, 5.41) is 6.01. The zero-order valence-corrected chi connectivity index (χ0v) is 13.0. The van der Waals surface area contributed by atoms with Crippen LogP contribution in [0.5, 0.6) is 0 Å². The Labute approximate surface area is 126 Å². The lowest BCUT2D eigenvalue weighted by Crippen LogP contribution is -2.14. The van der Waals surface area contributed by atoms with Crippen molar-refractivity contribution in [2.24, 2.45) is 0 Å². The predicted octanol–water partition coefficient (Wildman–Crippen LogP) is 3.84. The Morgan fingerprint density at radius 3 is 2.75 bits per heavy atom. The Kier molecular flexibility index (Phi) is 4.74. The number of carbonyl (C=O) groups is 1. The number of anilines is 2. The van der Waals surface area contributed by atoms with Gasteiger partial charge in [0.2, 0.25) is 0 Å². The molecular weight excluding hydrogens is 318 g/mol. The van der Waals surface area contributed by atoms with Crippen molar-refractivity contribution in [3.63, 3.8) is 0 Å². The van der Waals surface area contributed by atoms with Gasteiger partial charge in [0, 0.05) is 16.7 Å². The number of nitrogens with one attached hydrogen (secondary N) is 2. The summed E-state index contributed by atoms with van der Waals surface area (Å²) >= 11 is 3.39. The molecule has 2 rings (SSSR count). The van der Waals surface area contributed by atoms with Crippen LogP contribution in [0.1, 0.15) is 23.0 Å². The topological polar surface area (TPSA) is 54.0 Å². The third kappa shape index (κ3) is 3.57. The molecule has 4 nitrogen and oxygen atoms in total. The van der Waals surface area contributed by atoms with Crippen molar-refractivity contribution in [1.82, 2.24) is 4.98 Å². The van der Waals surface area contributed by atoms with Crippen LogP contribution < -0.4 is 10.6 Å². The molecule has 2 aromatic rings. The minimum absolute atomic E-state index is 0.214. The Bertz CT molecular complexity index is 611. The standard InChI is InChI=1S/C15H16BrN3O/c1-3-17-12-6-7-13(18-9-12)15(20)19-14-8-11(16)5-4-10(14)2/h4-9,17H,3H2,1-2H3,(H,19,20). The lowest BCUT2D eigenvalue weighted by atomic mass is 10.2. The van der Waals surface area contributed by atoms with Crippen LogP contribution in [0.25, 0.3) is 0 Å². The van der Waals surface area contributed by atoms with Gasteiger partial charge in [-0.05, 0) is 43.7 Å². The maximum Gasteiger partial charge on any atom is 0.274 e. The summed E-state index contributed by atoms with van der Waals surface area (Å²) in [5.74, 6) is -0.214. The van der Waals surface area contributed by atoms with Gasteiger partial charge in [-0.3, -0.25) is 4.79 Å². The molecule has 20 heavy (non-hydrogen) atoms. The number of halogens is 1. The molecule has 1 aromatic carbocycles. The quantitative estimate of drug-likeness (QED) is 0.893. The average Bonchev–Trinajstić information content (AvgIpc) is 2.44. The van der Waals surface area contributed by atoms with E-state index in [2.05, 4.69) is 31.5 Å². The normalized spacial score (nSPS) is 10.2. The van der Waals surface area contributed by atoms with E-state index in [4.69, 9.17) is 0 Å². The van der Waals surface area contributed by atoms with E-state index in [1.54, 1.807) is 12.3 Å². The minimum Gasteiger partial charge on any atom is -0.384 e. The van der Waals surface area contributed by atoms with E-state index < -0.39 is 0 Å². The van der Waals surface area contributed by atoms with Crippen molar-refractivity contribution < 1.29 is 4.79 Å². The largest absolute Gasteiger partial charge is 0.384 e. The van der Waals surface area contributed by atoms with Crippen molar-refractivity contribution in [3.8, 4) is 0 Å². The molecule has 0 spiro atoms. The Morgan fingerprint density at radius 1 is 1.30 bits per heavy atom. The first kappa shape index (κ1) is 14.5. The van der Waals surface area contributed by atoms with Gasteiger partial charge >= 0.3 is 0 Å². The fraction of sp³-hybridized carbons (Fsp3) is 0.200. The summed E-state index contributed by atoms with van der Waals surface area (Å²) in [5.41, 5.74) is 3.08. The van der Waals surface area contributed by atoms with Gasteiger partial charge in [-0.1, -0.05) is 22.0 Å². The summed E-state index contributed by atoms with van der Waals surface area (Å²) in [4.78, 5) is 16.3. The highest BCUT2D eigenvalue weighted by Gasteiger charge is 2.09. The van der Waals surface area contributed by atoms with E-state index in [9.17, 15) is 4.79 Å². The van der Waals surface area contributed by atoms with Crippen LogP contribution in [0.15, 0.2) is 41.0 Å². The third-order valence-electron chi connectivity index (χ3n) is 2.82. The van der Waals surface area contributed by atoms with Gasteiger partial charge in [-0.2, -0.15) is 0 Å². The number of benzene rings is 1. The van der Waals surface area contributed by atoms with Crippen LogP contribution in [0.4, 0.5) is 11.4 Å². The van der Waals surface area contributed by atoms with E-state index >= 15 is 0 Å². The highest BCUT2D eigenvalue weighted by molar-refractivity contribution is 9.10. The number of hydrogen-bond donors (Lipinski definition) is 2. The molecule has 0 unspecified atom stereocenters. The zero-order valence-electron chi connectivity index (χ0n) is 11.4. The van der Waals surface area contributed by atoms with Gasteiger partial charge in [0.1, 0.15) is 5.69 Å². The van der Waals surface area contributed by atoms with Crippen LogP contribution in [0.2, 0.25) is 0 Å². The van der Waals surface area contributed by atoms with E-state index in [0.717, 1.165) is 28.0 Å². The third-order valence-corrected chi connectivity index (χ3v) is 3.32. The first-order valence-electron chi connectivity index (χ1n) is 6.37. The molecule has 0 aliphatic heterocycles. The van der Waals surface area contributed by atoms with E-state index in [1.165, 1.54) is 0 Å². The van der Waals surface area contributed by atoms with Crippen LogP contribution in [0, 0.1) is 6.92 Å². The summed E-state index contributed by atoms with van der Waals surface area (Å²) in [6.45, 7) is 4.78. The first-order chi connectivity index (χ1) is 9.60. The van der Waals surface area contributed by atoms with Gasteiger partial charge in [-0.25, -0.2) is 4.98 Å². The molecule has 104 valence electrons. The Hall–Kier alpha value is -1.88. The molecule has 5 heteroatoms. The maximum absolute atomic E-state index is 12.1. The SMILES string of the molecule is CCNc1ccc(C(=O)Nc2cc(Br)ccc2C)nc1. The molecule has 0 fully saturated rings. The van der Waals surface area contributed by atoms with E-state index in [1.807, 2.05) is 38.1 Å². The minimum atomic E-state index is -0.214. The second kappa shape index (κ2) is 6.52. The molecule has 0 atom stereocenters. The first-order valence-corrected chi connectivity index (χ1v) is 7.17. The van der Waals surface area contributed by atoms with E-state index in [-0.39, 0.29) is 5.91 Å². The maximum atomic E-state index is 12.1. The second-order valence-corrected chi connectivity index (χ2v) is 5.29. The van der Waals surface area contributed by atoms with Crippen LogP contribution >= 0.6 is 15.9 Å². The monoisotopic (exact) mass is 333 g/mol. The number of aromatic nitrogens is 1. The molecule has 1 heterocycles. The number of pyridine rings is 1. The van der Waals surface area contributed by atoms with Crippen molar-refractivity contribution in [1.29, 1.82) is 0 Å². The smallest absolute Gasteiger partial charge is 0.274 e. The van der Waals surface area contributed by atoms with E-state index in [0.29, 0.717) is 5.69 Å². The van der Waals surface area contributed by atoms with Gasteiger partial charge in [-0.15, -0.1) is 0 Å². The molecule has 1 amide bonds. The summed E-state index contributed by atoms with van der Waals surface area (Å²) in [6.07, 6.45) is 1.66. The highest BCUT2D eigenvalue weighted by atomic mass is 79.9. The lowest BCUT2D eigenvalue weighted by Gasteiger charge is -2.09. The van der Waals surface area contributed by atoms with Gasteiger partial charge in [0.05, 0.1) is 11.9 Å². The molecule has 1 aromatic heterocycles. The molecular formula is C15H16BrN3O. The van der Waals surface area contributed by atoms with Crippen molar-refractivity contribution in [3.05, 3.63) is 52.3 Å². The van der Waals surface area contributed by atoms with Crippen LogP contribution in [0.3, 0.4) is 0 Å². The molecule has 0 saturated heterocycles. The molecule has 0 bridgehead atoms. The lowest BCUT2D eigenvalue weighted by molar-refractivity contribution is 0.102. The number of rotatable bonds is 4. The molecule has 0 aliphatic rings. The van der Waals surface area contributed by atoms with Gasteiger partial charge < -0.3 is 10.6 Å². The van der Waals surface area contributed by atoms with Crippen LogP contribution in [-0.4, -0.2) is 17.4 Å². The zero-order chi connectivity index (χ0) is 14.5. The number of amides is 1. The van der Waals surface area contributed by atoms with Crippen molar-refractivity contribution in [2.75, 3.05) is 17.2 Å². The number of nitrogens with zero attached hydrogens (tertiary/aromatic N) is 1. The van der Waals surface area contributed by atoms with Crippen molar-refractivity contribution in [2.45, 2.75) is 13.8 Å². The Balaban J connectivity index is 2.13. The predicted molar refractivity (Wildman–Crippen MR) is 85.2 cm³/mol. The highest BCUT2D eigenvalue weighted by Crippen LogP contribution is 2.21. The second-order valence-electron chi connectivity index (χ2n) is 4.38. The molecule has 0 aliphatic carbocycles. The van der Waals surface area contributed by atoms with Crippen LogP contribution in [-0.2, 0) is 0 Å².